The Bertz CT molecular complexity index is 501. The minimum absolute atomic E-state index is 0.0352. The molecule has 0 spiro atoms. The standard InChI is InChI=1S/C12H17NO3S/c1-2-12(7-4-8-12)13-17(15,16)11-6-3-5-10(14)9-11/h3,5-6,9,13-14H,2,4,7-8H2,1H3. The molecule has 0 aliphatic heterocycles. The molecule has 2 N–H and O–H groups in total. The van der Waals surface area contributed by atoms with Crippen molar-refractivity contribution in [3.05, 3.63) is 24.3 Å². The molecule has 1 aliphatic rings. The van der Waals surface area contributed by atoms with Crippen LogP contribution in [0.5, 0.6) is 5.75 Å². The molecule has 0 amide bonds. The van der Waals surface area contributed by atoms with Crippen LogP contribution in [0.15, 0.2) is 29.2 Å². The van der Waals surface area contributed by atoms with Crippen LogP contribution in [-0.2, 0) is 10.0 Å². The molecular weight excluding hydrogens is 238 g/mol. The SMILES string of the molecule is CCC1(NS(=O)(=O)c2cccc(O)c2)CCC1. The summed E-state index contributed by atoms with van der Waals surface area (Å²) in [6.07, 6.45) is 3.64. The van der Waals surface area contributed by atoms with Crippen molar-refractivity contribution in [3.63, 3.8) is 0 Å². The van der Waals surface area contributed by atoms with Gasteiger partial charge < -0.3 is 5.11 Å². The van der Waals surface area contributed by atoms with Gasteiger partial charge in [-0.15, -0.1) is 0 Å². The van der Waals surface area contributed by atoms with E-state index in [9.17, 15) is 13.5 Å². The van der Waals surface area contributed by atoms with Crippen molar-refractivity contribution >= 4 is 10.0 Å². The van der Waals surface area contributed by atoms with E-state index < -0.39 is 10.0 Å². The molecule has 0 bridgehead atoms. The van der Waals surface area contributed by atoms with Crippen molar-refractivity contribution in [2.24, 2.45) is 0 Å². The summed E-state index contributed by atoms with van der Waals surface area (Å²) >= 11 is 0. The van der Waals surface area contributed by atoms with Gasteiger partial charge in [0.2, 0.25) is 10.0 Å². The summed E-state index contributed by atoms with van der Waals surface area (Å²) in [5, 5.41) is 9.31. The number of aromatic hydroxyl groups is 1. The molecule has 1 aromatic rings. The van der Waals surface area contributed by atoms with Crippen molar-refractivity contribution in [2.75, 3.05) is 0 Å². The number of sulfonamides is 1. The van der Waals surface area contributed by atoms with E-state index in [0.29, 0.717) is 0 Å². The Morgan fingerprint density at radius 3 is 2.59 bits per heavy atom. The third-order valence-corrected chi connectivity index (χ3v) is 5.04. The maximum Gasteiger partial charge on any atom is 0.241 e. The molecule has 0 radical (unpaired) electrons. The summed E-state index contributed by atoms with van der Waals surface area (Å²) in [5.41, 5.74) is -0.274. The van der Waals surface area contributed by atoms with Gasteiger partial charge in [0, 0.05) is 5.54 Å². The van der Waals surface area contributed by atoms with Crippen molar-refractivity contribution in [1.29, 1.82) is 0 Å². The summed E-state index contributed by atoms with van der Waals surface area (Å²) in [4.78, 5) is 0.122. The van der Waals surface area contributed by atoms with E-state index in [2.05, 4.69) is 4.72 Å². The first kappa shape index (κ1) is 12.4. The Labute approximate surface area is 102 Å². The predicted molar refractivity (Wildman–Crippen MR) is 65.3 cm³/mol. The van der Waals surface area contributed by atoms with Gasteiger partial charge in [-0.2, -0.15) is 0 Å². The largest absolute Gasteiger partial charge is 0.508 e. The van der Waals surface area contributed by atoms with Gasteiger partial charge in [-0.1, -0.05) is 13.0 Å². The maximum absolute atomic E-state index is 12.1. The fourth-order valence-corrected chi connectivity index (χ4v) is 3.70. The molecule has 0 atom stereocenters. The Morgan fingerprint density at radius 2 is 2.12 bits per heavy atom. The summed E-state index contributed by atoms with van der Waals surface area (Å²) in [6, 6.07) is 5.75. The van der Waals surface area contributed by atoms with Gasteiger partial charge in [0.05, 0.1) is 4.90 Å². The Balaban J connectivity index is 2.25. The first-order valence-electron chi connectivity index (χ1n) is 5.80. The number of phenols is 1. The average Bonchev–Trinajstić information content (AvgIpc) is 2.24. The quantitative estimate of drug-likeness (QED) is 0.864. The van der Waals surface area contributed by atoms with Crippen LogP contribution >= 0.6 is 0 Å². The predicted octanol–water partition coefficient (Wildman–Crippen LogP) is 2.00. The second kappa shape index (κ2) is 4.31. The van der Waals surface area contributed by atoms with Crippen LogP contribution in [0, 0.1) is 0 Å². The fraction of sp³-hybridized carbons (Fsp3) is 0.500. The molecule has 1 aliphatic carbocycles. The van der Waals surface area contributed by atoms with Crippen molar-refractivity contribution in [1.82, 2.24) is 4.72 Å². The van der Waals surface area contributed by atoms with Crippen LogP contribution in [0.2, 0.25) is 0 Å². The Kier molecular flexibility index (Phi) is 3.14. The minimum atomic E-state index is -3.52. The number of rotatable bonds is 4. The summed E-state index contributed by atoms with van der Waals surface area (Å²) < 4.78 is 27.0. The highest BCUT2D eigenvalue weighted by molar-refractivity contribution is 7.89. The van der Waals surface area contributed by atoms with E-state index in [4.69, 9.17) is 0 Å². The molecule has 17 heavy (non-hydrogen) atoms. The molecule has 94 valence electrons. The highest BCUT2D eigenvalue weighted by Crippen LogP contribution is 2.36. The summed E-state index contributed by atoms with van der Waals surface area (Å²) in [6.45, 7) is 1.99. The van der Waals surface area contributed by atoms with Gasteiger partial charge in [0.15, 0.2) is 0 Å². The van der Waals surface area contributed by atoms with E-state index in [-0.39, 0.29) is 16.2 Å². The third-order valence-electron chi connectivity index (χ3n) is 3.47. The number of nitrogens with one attached hydrogen (secondary N) is 1. The first-order chi connectivity index (χ1) is 7.97. The van der Waals surface area contributed by atoms with Gasteiger partial charge in [-0.25, -0.2) is 13.1 Å². The van der Waals surface area contributed by atoms with Crippen LogP contribution in [-0.4, -0.2) is 19.1 Å². The summed E-state index contributed by atoms with van der Waals surface area (Å²) in [7, 11) is -3.52. The van der Waals surface area contributed by atoms with Gasteiger partial charge >= 0.3 is 0 Å². The van der Waals surface area contributed by atoms with Crippen LogP contribution < -0.4 is 4.72 Å². The fourth-order valence-electron chi connectivity index (χ4n) is 2.13. The van der Waals surface area contributed by atoms with Gasteiger partial charge in [-0.05, 0) is 43.9 Å². The zero-order chi connectivity index (χ0) is 12.5. The molecule has 4 nitrogen and oxygen atoms in total. The van der Waals surface area contributed by atoms with Crippen LogP contribution in [0.25, 0.3) is 0 Å². The topological polar surface area (TPSA) is 66.4 Å². The number of hydrogen-bond acceptors (Lipinski definition) is 3. The smallest absolute Gasteiger partial charge is 0.241 e. The van der Waals surface area contributed by atoms with Gasteiger partial charge in [0.1, 0.15) is 5.75 Å². The lowest BCUT2D eigenvalue weighted by Gasteiger charge is -2.41. The van der Waals surface area contributed by atoms with E-state index in [0.717, 1.165) is 25.7 Å². The molecular formula is C12H17NO3S. The van der Waals surface area contributed by atoms with E-state index in [1.165, 1.54) is 24.3 Å². The van der Waals surface area contributed by atoms with Crippen LogP contribution in [0.3, 0.4) is 0 Å². The maximum atomic E-state index is 12.1. The zero-order valence-corrected chi connectivity index (χ0v) is 10.6. The Morgan fingerprint density at radius 1 is 1.41 bits per heavy atom. The first-order valence-corrected chi connectivity index (χ1v) is 7.29. The lowest BCUT2D eigenvalue weighted by Crippen LogP contribution is -2.52. The molecule has 0 aromatic heterocycles. The molecule has 2 rings (SSSR count). The van der Waals surface area contributed by atoms with Gasteiger partial charge in [0.25, 0.3) is 0 Å². The minimum Gasteiger partial charge on any atom is -0.508 e. The highest BCUT2D eigenvalue weighted by atomic mass is 32.2. The van der Waals surface area contributed by atoms with Crippen LogP contribution in [0.1, 0.15) is 32.6 Å². The molecule has 1 saturated carbocycles. The molecule has 0 saturated heterocycles. The number of benzene rings is 1. The van der Waals surface area contributed by atoms with Gasteiger partial charge in [-0.3, -0.25) is 0 Å². The van der Waals surface area contributed by atoms with Crippen LogP contribution in [0.4, 0.5) is 0 Å². The van der Waals surface area contributed by atoms with Crippen molar-refractivity contribution < 1.29 is 13.5 Å². The molecule has 1 aromatic carbocycles. The second-order valence-corrected chi connectivity index (χ2v) is 6.27. The number of hydrogen-bond donors (Lipinski definition) is 2. The van der Waals surface area contributed by atoms with E-state index >= 15 is 0 Å². The van der Waals surface area contributed by atoms with Crippen molar-refractivity contribution in [2.45, 2.75) is 43.0 Å². The lowest BCUT2D eigenvalue weighted by molar-refractivity contribution is 0.214. The second-order valence-electron chi connectivity index (χ2n) is 4.59. The Hall–Kier alpha value is -1.07. The normalized spacial score (nSPS) is 18.6. The molecule has 0 unspecified atom stereocenters. The monoisotopic (exact) mass is 255 g/mol. The average molecular weight is 255 g/mol. The third kappa shape index (κ3) is 2.45. The molecule has 0 heterocycles. The van der Waals surface area contributed by atoms with E-state index in [1.54, 1.807) is 0 Å². The van der Waals surface area contributed by atoms with Crippen molar-refractivity contribution in [3.8, 4) is 5.75 Å². The molecule has 5 heteroatoms. The summed E-state index contributed by atoms with van der Waals surface area (Å²) in [5.74, 6) is -0.0352. The number of phenolic OH excluding ortho intramolecular Hbond substituents is 1. The molecule has 1 fully saturated rings. The zero-order valence-electron chi connectivity index (χ0n) is 9.81. The van der Waals surface area contributed by atoms with E-state index in [1.807, 2.05) is 6.92 Å². The lowest BCUT2D eigenvalue weighted by atomic mass is 9.76. The highest BCUT2D eigenvalue weighted by Gasteiger charge is 2.39.